The third-order valence-corrected chi connectivity index (χ3v) is 3.97. The Morgan fingerprint density at radius 2 is 1.93 bits per heavy atom. The van der Waals surface area contributed by atoms with E-state index < -0.39 is 0 Å². The van der Waals surface area contributed by atoms with Crippen molar-refractivity contribution in [3.05, 3.63) is 23.8 Å². The van der Waals surface area contributed by atoms with Gasteiger partial charge in [0.25, 0.3) is 0 Å². The molecular formula is C14H22. The van der Waals surface area contributed by atoms with Crippen LogP contribution in [0.1, 0.15) is 47.0 Å². The molecule has 0 nitrogen and oxygen atoms in total. The monoisotopic (exact) mass is 190 g/mol. The standard InChI is InChI=1S/C14H22/c1-13(2)9-7-12-11(10-13)6-5-8-14(12,3)4/h5-6,8,12H,7,9-10H2,1-4H3. The molecule has 2 aliphatic carbocycles. The van der Waals surface area contributed by atoms with E-state index in [4.69, 9.17) is 0 Å². The second kappa shape index (κ2) is 2.98. The van der Waals surface area contributed by atoms with Crippen LogP contribution in [-0.4, -0.2) is 0 Å². The molecule has 0 aromatic carbocycles. The first-order valence-electron chi connectivity index (χ1n) is 5.79. The highest BCUT2D eigenvalue weighted by Gasteiger charge is 2.38. The molecule has 0 N–H and O–H groups in total. The minimum atomic E-state index is 0.389. The van der Waals surface area contributed by atoms with Gasteiger partial charge < -0.3 is 0 Å². The molecule has 0 radical (unpaired) electrons. The summed E-state index contributed by atoms with van der Waals surface area (Å²) in [5.74, 6) is 0.806. The molecule has 0 bridgehead atoms. The van der Waals surface area contributed by atoms with Crippen molar-refractivity contribution in [2.45, 2.75) is 47.0 Å². The zero-order valence-corrected chi connectivity index (χ0v) is 9.93. The Balaban J connectivity index is 2.26. The van der Waals surface area contributed by atoms with E-state index in [1.807, 2.05) is 0 Å². The summed E-state index contributed by atoms with van der Waals surface area (Å²) in [6, 6.07) is 0. The van der Waals surface area contributed by atoms with Gasteiger partial charge in [0.15, 0.2) is 0 Å². The Morgan fingerprint density at radius 1 is 1.21 bits per heavy atom. The lowest BCUT2D eigenvalue weighted by Crippen LogP contribution is -2.33. The van der Waals surface area contributed by atoms with E-state index in [1.165, 1.54) is 19.3 Å². The van der Waals surface area contributed by atoms with Crippen LogP contribution < -0.4 is 0 Å². The van der Waals surface area contributed by atoms with Crippen molar-refractivity contribution in [1.82, 2.24) is 0 Å². The lowest BCUT2D eigenvalue weighted by atomic mass is 9.61. The molecule has 1 saturated carbocycles. The minimum absolute atomic E-state index is 0.389. The van der Waals surface area contributed by atoms with Crippen molar-refractivity contribution in [2.24, 2.45) is 16.7 Å². The van der Waals surface area contributed by atoms with Crippen molar-refractivity contribution in [3.8, 4) is 0 Å². The van der Waals surface area contributed by atoms with Crippen LogP contribution in [-0.2, 0) is 0 Å². The van der Waals surface area contributed by atoms with Crippen LogP contribution in [0, 0.1) is 16.7 Å². The van der Waals surface area contributed by atoms with Crippen LogP contribution in [0.3, 0.4) is 0 Å². The van der Waals surface area contributed by atoms with Gasteiger partial charge in [0, 0.05) is 0 Å². The Morgan fingerprint density at radius 3 is 2.64 bits per heavy atom. The molecule has 0 amide bonds. The topological polar surface area (TPSA) is 0 Å². The van der Waals surface area contributed by atoms with Gasteiger partial charge in [0.05, 0.1) is 0 Å². The van der Waals surface area contributed by atoms with Gasteiger partial charge >= 0.3 is 0 Å². The number of hydrogen-bond donors (Lipinski definition) is 0. The molecule has 0 aromatic rings. The van der Waals surface area contributed by atoms with Gasteiger partial charge in [-0.1, -0.05) is 51.5 Å². The van der Waals surface area contributed by atoms with E-state index in [-0.39, 0.29) is 0 Å². The summed E-state index contributed by atoms with van der Waals surface area (Å²) in [5.41, 5.74) is 2.61. The second-order valence-corrected chi connectivity index (χ2v) is 6.35. The van der Waals surface area contributed by atoms with E-state index in [0.717, 1.165) is 5.92 Å². The Kier molecular flexibility index (Phi) is 2.13. The zero-order valence-electron chi connectivity index (χ0n) is 9.93. The highest BCUT2D eigenvalue weighted by molar-refractivity contribution is 5.28. The van der Waals surface area contributed by atoms with Crippen LogP contribution in [0.4, 0.5) is 0 Å². The van der Waals surface area contributed by atoms with Crippen LogP contribution in [0.2, 0.25) is 0 Å². The largest absolute Gasteiger partial charge is 0.0783 e. The van der Waals surface area contributed by atoms with Gasteiger partial charge in [-0.25, -0.2) is 0 Å². The van der Waals surface area contributed by atoms with Gasteiger partial charge in [0.2, 0.25) is 0 Å². The molecule has 14 heavy (non-hydrogen) atoms. The molecule has 1 atom stereocenters. The van der Waals surface area contributed by atoms with Crippen LogP contribution in [0.5, 0.6) is 0 Å². The van der Waals surface area contributed by atoms with E-state index >= 15 is 0 Å². The molecule has 0 saturated heterocycles. The van der Waals surface area contributed by atoms with Gasteiger partial charge in [-0.15, -0.1) is 0 Å². The van der Waals surface area contributed by atoms with Gasteiger partial charge in [-0.3, -0.25) is 0 Å². The van der Waals surface area contributed by atoms with E-state index in [9.17, 15) is 0 Å². The molecule has 0 aliphatic heterocycles. The number of fused-ring (bicyclic) bond motifs is 1. The average molecular weight is 190 g/mol. The highest BCUT2D eigenvalue weighted by atomic mass is 14.4. The van der Waals surface area contributed by atoms with E-state index in [0.29, 0.717) is 10.8 Å². The summed E-state index contributed by atoms with van der Waals surface area (Å²) < 4.78 is 0. The first kappa shape index (κ1) is 10.0. The maximum atomic E-state index is 2.40. The normalized spacial score (nSPS) is 33.4. The van der Waals surface area contributed by atoms with Gasteiger partial charge in [0.1, 0.15) is 0 Å². The van der Waals surface area contributed by atoms with Crippen molar-refractivity contribution in [3.63, 3.8) is 0 Å². The SMILES string of the molecule is CC1(C)CCC2C(=CC=CC2(C)C)C1. The summed E-state index contributed by atoms with van der Waals surface area (Å²) in [6.07, 6.45) is 11.0. The number of hydrogen-bond acceptors (Lipinski definition) is 0. The fourth-order valence-electron chi connectivity index (χ4n) is 3.05. The molecule has 2 rings (SSSR count). The lowest BCUT2D eigenvalue weighted by molar-refractivity contribution is 0.183. The van der Waals surface area contributed by atoms with Gasteiger partial charge in [-0.2, -0.15) is 0 Å². The predicted octanol–water partition coefficient (Wildman–Crippen LogP) is 4.34. The Hall–Kier alpha value is -0.520. The summed E-state index contributed by atoms with van der Waals surface area (Å²) in [4.78, 5) is 0. The van der Waals surface area contributed by atoms with Crippen LogP contribution in [0.15, 0.2) is 23.8 Å². The maximum absolute atomic E-state index is 2.40. The molecular weight excluding hydrogens is 168 g/mol. The molecule has 0 aromatic heterocycles. The molecule has 2 aliphatic rings. The zero-order chi connectivity index (χ0) is 10.4. The maximum Gasteiger partial charge on any atom is -0.0106 e. The minimum Gasteiger partial charge on any atom is -0.0783 e. The lowest BCUT2D eigenvalue weighted by Gasteiger charge is -2.44. The van der Waals surface area contributed by atoms with Gasteiger partial charge in [-0.05, 0) is 36.0 Å². The third-order valence-electron chi connectivity index (χ3n) is 3.97. The summed E-state index contributed by atoms with van der Waals surface area (Å²) in [5, 5.41) is 0. The number of allylic oxidation sites excluding steroid dienone is 4. The van der Waals surface area contributed by atoms with Crippen LogP contribution in [0.25, 0.3) is 0 Å². The number of rotatable bonds is 0. The quantitative estimate of drug-likeness (QED) is 0.533. The molecule has 1 fully saturated rings. The predicted molar refractivity (Wildman–Crippen MR) is 62.1 cm³/mol. The Labute approximate surface area is 88.1 Å². The summed E-state index contributed by atoms with van der Waals surface area (Å²) in [6.45, 7) is 9.55. The average Bonchev–Trinajstić information content (AvgIpc) is 2.00. The smallest absolute Gasteiger partial charge is 0.0106 e. The van der Waals surface area contributed by atoms with Crippen molar-refractivity contribution < 1.29 is 0 Å². The fourth-order valence-corrected chi connectivity index (χ4v) is 3.05. The summed E-state index contributed by atoms with van der Waals surface area (Å²) in [7, 11) is 0. The first-order valence-corrected chi connectivity index (χ1v) is 5.79. The first-order chi connectivity index (χ1) is 6.41. The third kappa shape index (κ3) is 1.67. The van der Waals surface area contributed by atoms with E-state index in [2.05, 4.69) is 45.9 Å². The van der Waals surface area contributed by atoms with Crippen molar-refractivity contribution in [1.29, 1.82) is 0 Å². The molecule has 0 heteroatoms. The summed E-state index contributed by atoms with van der Waals surface area (Å²) >= 11 is 0. The molecule has 78 valence electrons. The Bertz CT molecular complexity index is 289. The molecule has 1 unspecified atom stereocenters. The fraction of sp³-hybridized carbons (Fsp3) is 0.714. The van der Waals surface area contributed by atoms with Crippen molar-refractivity contribution >= 4 is 0 Å². The van der Waals surface area contributed by atoms with E-state index in [1.54, 1.807) is 5.57 Å². The highest BCUT2D eigenvalue weighted by Crippen LogP contribution is 2.50. The second-order valence-electron chi connectivity index (χ2n) is 6.35. The molecule has 0 heterocycles. The van der Waals surface area contributed by atoms with Crippen molar-refractivity contribution in [2.75, 3.05) is 0 Å². The van der Waals surface area contributed by atoms with Crippen LogP contribution >= 0.6 is 0 Å². The molecule has 0 spiro atoms.